The summed E-state index contributed by atoms with van der Waals surface area (Å²) in [5.74, 6) is 0.611. The molecule has 0 aliphatic carbocycles. The van der Waals surface area contributed by atoms with Crippen LogP contribution >= 0.6 is 22.9 Å². The summed E-state index contributed by atoms with van der Waals surface area (Å²) in [6.45, 7) is 0.660. The van der Waals surface area contributed by atoms with Crippen LogP contribution in [0.15, 0.2) is 40.6 Å². The van der Waals surface area contributed by atoms with Gasteiger partial charge in [0.25, 0.3) is 0 Å². The van der Waals surface area contributed by atoms with E-state index in [0.717, 1.165) is 22.4 Å². The van der Waals surface area contributed by atoms with E-state index in [-0.39, 0.29) is 10.8 Å². The molecule has 22 heavy (non-hydrogen) atoms. The predicted molar refractivity (Wildman–Crippen MR) is 89.1 cm³/mol. The molecular weight excluding hydrogens is 344 g/mol. The normalized spacial score (nSPS) is 11.9. The summed E-state index contributed by atoms with van der Waals surface area (Å²) in [5, 5.41) is 3.05. The summed E-state index contributed by atoms with van der Waals surface area (Å²) < 4.78 is 27.1. The molecule has 0 bridgehead atoms. The van der Waals surface area contributed by atoms with E-state index in [1.54, 1.807) is 6.07 Å². The van der Waals surface area contributed by atoms with Gasteiger partial charge in [0.15, 0.2) is 0 Å². The SMILES string of the molecule is O=S(=O)(NCCNc1nc2ccccc2[nH]1)c1ccc(Cl)s1. The molecule has 2 heterocycles. The van der Waals surface area contributed by atoms with Crippen LogP contribution in [0.5, 0.6) is 0 Å². The van der Waals surface area contributed by atoms with Gasteiger partial charge in [-0.1, -0.05) is 23.7 Å². The molecule has 0 spiro atoms. The number of sulfonamides is 1. The summed E-state index contributed by atoms with van der Waals surface area (Å²) in [7, 11) is -3.51. The monoisotopic (exact) mass is 356 g/mol. The van der Waals surface area contributed by atoms with Gasteiger partial charge in [-0.25, -0.2) is 18.1 Å². The van der Waals surface area contributed by atoms with Crippen molar-refractivity contribution in [3.05, 3.63) is 40.7 Å². The molecule has 0 radical (unpaired) electrons. The van der Waals surface area contributed by atoms with Crippen LogP contribution in [0.2, 0.25) is 4.34 Å². The number of para-hydroxylation sites is 2. The number of aromatic amines is 1. The summed E-state index contributed by atoms with van der Waals surface area (Å²) in [4.78, 5) is 7.46. The zero-order valence-electron chi connectivity index (χ0n) is 11.3. The number of aromatic nitrogens is 2. The van der Waals surface area contributed by atoms with Gasteiger partial charge < -0.3 is 10.3 Å². The highest BCUT2D eigenvalue weighted by Crippen LogP contribution is 2.25. The minimum absolute atomic E-state index is 0.209. The van der Waals surface area contributed by atoms with Crippen LogP contribution in [0.25, 0.3) is 11.0 Å². The first kappa shape index (κ1) is 15.3. The number of nitrogens with zero attached hydrogens (tertiary/aromatic N) is 1. The Balaban J connectivity index is 1.55. The van der Waals surface area contributed by atoms with Crippen LogP contribution < -0.4 is 10.0 Å². The molecule has 0 aliphatic rings. The number of rotatable bonds is 6. The molecule has 3 aromatic rings. The molecule has 0 amide bonds. The number of hydrogen-bond acceptors (Lipinski definition) is 5. The van der Waals surface area contributed by atoms with E-state index in [4.69, 9.17) is 11.6 Å². The second kappa shape index (κ2) is 6.25. The molecule has 0 fully saturated rings. The number of fused-ring (bicyclic) bond motifs is 1. The first-order valence-corrected chi connectivity index (χ1v) is 9.16. The first-order valence-electron chi connectivity index (χ1n) is 6.48. The zero-order valence-corrected chi connectivity index (χ0v) is 13.7. The molecule has 116 valence electrons. The Morgan fingerprint density at radius 2 is 2.00 bits per heavy atom. The highest BCUT2D eigenvalue weighted by Gasteiger charge is 2.15. The molecule has 6 nitrogen and oxygen atoms in total. The minimum Gasteiger partial charge on any atom is -0.354 e. The average molecular weight is 357 g/mol. The smallest absolute Gasteiger partial charge is 0.250 e. The lowest BCUT2D eigenvalue weighted by molar-refractivity contribution is 0.585. The van der Waals surface area contributed by atoms with Crippen molar-refractivity contribution in [2.45, 2.75) is 4.21 Å². The van der Waals surface area contributed by atoms with Crippen molar-refractivity contribution in [3.8, 4) is 0 Å². The molecule has 0 unspecified atom stereocenters. The van der Waals surface area contributed by atoms with Crippen molar-refractivity contribution in [1.82, 2.24) is 14.7 Å². The Kier molecular flexibility index (Phi) is 4.34. The number of benzene rings is 1. The van der Waals surface area contributed by atoms with Crippen LogP contribution in [0, 0.1) is 0 Å². The maximum Gasteiger partial charge on any atom is 0.250 e. The van der Waals surface area contributed by atoms with Gasteiger partial charge in [0, 0.05) is 13.1 Å². The number of thiophene rings is 1. The number of nitrogens with one attached hydrogen (secondary N) is 3. The summed E-state index contributed by atoms with van der Waals surface area (Å²) in [6.07, 6.45) is 0. The number of halogens is 1. The van der Waals surface area contributed by atoms with Crippen molar-refractivity contribution in [1.29, 1.82) is 0 Å². The standard InChI is InChI=1S/C13H13ClN4O2S2/c14-11-5-6-12(21-11)22(19,20)16-8-7-15-13-17-9-3-1-2-4-10(9)18-13/h1-6,16H,7-8H2,(H2,15,17,18). The van der Waals surface area contributed by atoms with Crippen molar-refractivity contribution in [3.63, 3.8) is 0 Å². The quantitative estimate of drug-likeness (QED) is 0.592. The maximum atomic E-state index is 12.0. The number of anilines is 1. The molecule has 1 aromatic carbocycles. The Bertz CT molecular complexity index is 855. The molecule has 9 heteroatoms. The number of H-pyrrole nitrogens is 1. The third-order valence-corrected chi connectivity index (χ3v) is 6.10. The average Bonchev–Trinajstić information content (AvgIpc) is 3.09. The number of imidazole rings is 1. The van der Waals surface area contributed by atoms with E-state index in [1.165, 1.54) is 6.07 Å². The zero-order chi connectivity index (χ0) is 15.6. The van der Waals surface area contributed by atoms with Crippen molar-refractivity contribution in [2.24, 2.45) is 0 Å². The van der Waals surface area contributed by atoms with E-state index in [2.05, 4.69) is 20.0 Å². The lowest BCUT2D eigenvalue weighted by Crippen LogP contribution is -2.28. The van der Waals surface area contributed by atoms with Crippen LogP contribution in [0.1, 0.15) is 0 Å². The lowest BCUT2D eigenvalue weighted by Gasteiger charge is -2.05. The van der Waals surface area contributed by atoms with Crippen molar-refractivity contribution >= 4 is 49.9 Å². The third-order valence-electron chi connectivity index (χ3n) is 2.91. The van der Waals surface area contributed by atoms with Crippen molar-refractivity contribution in [2.75, 3.05) is 18.4 Å². The highest BCUT2D eigenvalue weighted by molar-refractivity contribution is 7.91. The molecular formula is C13H13ClN4O2S2. The second-order valence-corrected chi connectivity index (χ2v) is 8.19. The largest absolute Gasteiger partial charge is 0.354 e. The molecule has 3 N–H and O–H groups in total. The summed E-state index contributed by atoms with van der Waals surface area (Å²) >= 11 is 6.78. The van der Waals surface area contributed by atoms with E-state index >= 15 is 0 Å². The molecule has 0 saturated carbocycles. The topological polar surface area (TPSA) is 86.9 Å². The van der Waals surface area contributed by atoms with E-state index in [1.807, 2.05) is 24.3 Å². The van der Waals surface area contributed by atoms with Gasteiger partial charge in [0.2, 0.25) is 16.0 Å². The molecule has 0 saturated heterocycles. The van der Waals surface area contributed by atoms with Crippen LogP contribution in [0.3, 0.4) is 0 Å². The minimum atomic E-state index is -3.51. The Hall–Kier alpha value is -1.61. The van der Waals surface area contributed by atoms with E-state index < -0.39 is 10.0 Å². The highest BCUT2D eigenvalue weighted by atomic mass is 35.5. The van der Waals surface area contributed by atoms with E-state index in [0.29, 0.717) is 16.8 Å². The third kappa shape index (κ3) is 3.41. The fourth-order valence-corrected chi connectivity index (χ4v) is 4.48. The molecule has 0 aliphatic heterocycles. The predicted octanol–water partition coefficient (Wildman–Crippen LogP) is 2.67. The van der Waals surface area contributed by atoms with Gasteiger partial charge in [0.05, 0.1) is 15.4 Å². The maximum absolute atomic E-state index is 12.0. The van der Waals surface area contributed by atoms with Crippen LogP contribution in [0.4, 0.5) is 5.95 Å². The van der Waals surface area contributed by atoms with Gasteiger partial charge >= 0.3 is 0 Å². The Morgan fingerprint density at radius 1 is 1.18 bits per heavy atom. The summed E-state index contributed by atoms with van der Waals surface area (Å²) in [5.41, 5.74) is 1.79. The van der Waals surface area contributed by atoms with Gasteiger partial charge in [-0.15, -0.1) is 11.3 Å². The van der Waals surface area contributed by atoms with Gasteiger partial charge in [-0.3, -0.25) is 0 Å². The number of hydrogen-bond donors (Lipinski definition) is 3. The Labute approximate surface area is 136 Å². The van der Waals surface area contributed by atoms with Crippen LogP contribution in [-0.2, 0) is 10.0 Å². The van der Waals surface area contributed by atoms with Crippen molar-refractivity contribution < 1.29 is 8.42 Å². The molecule has 2 aromatic heterocycles. The lowest BCUT2D eigenvalue weighted by atomic mass is 10.3. The fraction of sp³-hybridized carbons (Fsp3) is 0.154. The van der Waals surface area contributed by atoms with E-state index in [9.17, 15) is 8.42 Å². The van der Waals surface area contributed by atoms with Gasteiger partial charge in [-0.05, 0) is 24.3 Å². The molecule has 3 rings (SSSR count). The summed E-state index contributed by atoms with van der Waals surface area (Å²) in [6, 6.07) is 10.7. The second-order valence-electron chi connectivity index (χ2n) is 4.49. The fourth-order valence-electron chi connectivity index (χ4n) is 1.92. The van der Waals surface area contributed by atoms with Gasteiger partial charge in [-0.2, -0.15) is 0 Å². The van der Waals surface area contributed by atoms with Crippen LogP contribution in [-0.4, -0.2) is 31.5 Å². The molecule has 0 atom stereocenters. The van der Waals surface area contributed by atoms with Gasteiger partial charge in [0.1, 0.15) is 4.21 Å². The first-order chi connectivity index (χ1) is 10.5. The Morgan fingerprint density at radius 3 is 2.73 bits per heavy atom.